The van der Waals surface area contributed by atoms with Crippen LogP contribution >= 0.6 is 0 Å². The molecular weight excluding hydrogens is 353 g/mol. The summed E-state index contributed by atoms with van der Waals surface area (Å²) in [5.74, 6) is 0.615. The molecule has 1 atom stereocenters. The lowest BCUT2D eigenvalue weighted by Gasteiger charge is -2.25. The van der Waals surface area contributed by atoms with Crippen molar-refractivity contribution in [2.75, 3.05) is 20.6 Å². The highest BCUT2D eigenvalue weighted by molar-refractivity contribution is 5.29. The van der Waals surface area contributed by atoms with E-state index in [4.69, 9.17) is 4.74 Å². The van der Waals surface area contributed by atoms with Crippen molar-refractivity contribution in [3.63, 3.8) is 0 Å². The van der Waals surface area contributed by atoms with Gasteiger partial charge >= 0.3 is 0 Å². The second-order valence-corrected chi connectivity index (χ2v) is 6.92. The molecule has 3 aromatic rings. The van der Waals surface area contributed by atoms with Crippen LogP contribution < -0.4 is 10.1 Å². The summed E-state index contributed by atoms with van der Waals surface area (Å²) < 4.78 is 19.0. The summed E-state index contributed by atoms with van der Waals surface area (Å²) in [6, 6.07) is 20.7. The van der Waals surface area contributed by atoms with Crippen LogP contribution in [0.2, 0.25) is 0 Å². The average Bonchev–Trinajstić information content (AvgIpc) is 2.71. The van der Waals surface area contributed by atoms with Gasteiger partial charge in [-0.25, -0.2) is 4.39 Å². The Bertz CT molecular complexity index is 853. The first-order valence-electron chi connectivity index (χ1n) is 9.36. The number of pyridine rings is 1. The number of halogens is 1. The van der Waals surface area contributed by atoms with E-state index in [1.54, 1.807) is 6.20 Å². The summed E-state index contributed by atoms with van der Waals surface area (Å²) >= 11 is 0. The first kappa shape index (κ1) is 20.0. The van der Waals surface area contributed by atoms with Gasteiger partial charge in [0, 0.05) is 25.3 Å². The molecule has 0 saturated heterocycles. The van der Waals surface area contributed by atoms with Gasteiger partial charge in [0.2, 0.25) is 0 Å². The molecule has 0 fully saturated rings. The van der Waals surface area contributed by atoms with Gasteiger partial charge in [-0.15, -0.1) is 0 Å². The van der Waals surface area contributed by atoms with Gasteiger partial charge in [0.15, 0.2) is 0 Å². The number of hydrogen-bond donors (Lipinski definition) is 1. The third-order valence-electron chi connectivity index (χ3n) is 4.56. The molecule has 1 aromatic heterocycles. The van der Waals surface area contributed by atoms with Crippen LogP contribution in [0.1, 0.15) is 22.9 Å². The standard InChI is InChI=1S/C23H26FN3O/c1-27(2)23(19-9-11-20(24)12-10-19)16-25-15-18-6-5-8-22(14-18)28-17-21-7-3-4-13-26-21/h3-14,23,25H,15-17H2,1-2H3. The van der Waals surface area contributed by atoms with E-state index in [1.807, 2.05) is 62.6 Å². The number of benzene rings is 2. The van der Waals surface area contributed by atoms with Crippen LogP contribution in [0.25, 0.3) is 0 Å². The summed E-state index contributed by atoms with van der Waals surface area (Å²) in [5.41, 5.74) is 3.14. The van der Waals surface area contributed by atoms with Crippen LogP contribution in [-0.2, 0) is 13.2 Å². The Balaban J connectivity index is 1.54. The minimum absolute atomic E-state index is 0.171. The minimum Gasteiger partial charge on any atom is -0.487 e. The number of hydrogen-bond acceptors (Lipinski definition) is 4. The van der Waals surface area contributed by atoms with Gasteiger partial charge in [-0.3, -0.25) is 4.98 Å². The van der Waals surface area contributed by atoms with Crippen LogP contribution in [0.3, 0.4) is 0 Å². The van der Waals surface area contributed by atoms with Gasteiger partial charge in [-0.2, -0.15) is 0 Å². The molecule has 0 amide bonds. The molecule has 5 heteroatoms. The highest BCUT2D eigenvalue weighted by Crippen LogP contribution is 2.19. The molecule has 146 valence electrons. The number of likely N-dealkylation sites (N-methyl/N-ethyl adjacent to an activating group) is 1. The number of rotatable bonds is 9. The zero-order valence-electron chi connectivity index (χ0n) is 16.3. The zero-order chi connectivity index (χ0) is 19.8. The van der Waals surface area contributed by atoms with E-state index in [0.29, 0.717) is 6.61 Å². The van der Waals surface area contributed by atoms with Crippen molar-refractivity contribution < 1.29 is 9.13 Å². The maximum absolute atomic E-state index is 13.2. The molecule has 0 radical (unpaired) electrons. The Morgan fingerprint density at radius 2 is 1.86 bits per heavy atom. The van der Waals surface area contributed by atoms with E-state index in [9.17, 15) is 4.39 Å². The second kappa shape index (κ2) is 9.97. The molecule has 0 aliphatic rings. The van der Waals surface area contributed by atoms with Gasteiger partial charge in [-0.1, -0.05) is 30.3 Å². The van der Waals surface area contributed by atoms with Gasteiger partial charge in [0.1, 0.15) is 18.2 Å². The van der Waals surface area contributed by atoms with Crippen LogP contribution in [0.4, 0.5) is 4.39 Å². The van der Waals surface area contributed by atoms with Crippen molar-refractivity contribution in [3.8, 4) is 5.75 Å². The molecule has 0 spiro atoms. The van der Waals surface area contributed by atoms with E-state index in [-0.39, 0.29) is 11.9 Å². The van der Waals surface area contributed by atoms with Crippen molar-refractivity contribution in [2.24, 2.45) is 0 Å². The molecule has 28 heavy (non-hydrogen) atoms. The molecule has 0 bridgehead atoms. The molecule has 3 rings (SSSR count). The molecule has 0 aliphatic heterocycles. The summed E-state index contributed by atoms with van der Waals surface area (Å²) in [6.45, 7) is 1.94. The molecule has 1 unspecified atom stereocenters. The van der Waals surface area contributed by atoms with Crippen LogP contribution in [0.5, 0.6) is 5.75 Å². The predicted octanol–water partition coefficient (Wildman–Crippen LogP) is 4.19. The minimum atomic E-state index is -0.211. The first-order valence-corrected chi connectivity index (χ1v) is 9.36. The lowest BCUT2D eigenvalue weighted by molar-refractivity contribution is 0.287. The number of aromatic nitrogens is 1. The topological polar surface area (TPSA) is 37.4 Å². The fourth-order valence-electron chi connectivity index (χ4n) is 3.02. The highest BCUT2D eigenvalue weighted by Gasteiger charge is 2.13. The van der Waals surface area contributed by atoms with Crippen molar-refractivity contribution in [1.82, 2.24) is 15.2 Å². The predicted molar refractivity (Wildman–Crippen MR) is 110 cm³/mol. The first-order chi connectivity index (χ1) is 13.6. The summed E-state index contributed by atoms with van der Waals surface area (Å²) in [4.78, 5) is 6.40. The molecule has 1 N–H and O–H groups in total. The Labute approximate surface area is 166 Å². The molecule has 0 aliphatic carbocycles. The van der Waals surface area contributed by atoms with Crippen LogP contribution in [0, 0.1) is 5.82 Å². The lowest BCUT2D eigenvalue weighted by Crippen LogP contribution is -2.30. The van der Waals surface area contributed by atoms with Crippen molar-refractivity contribution in [2.45, 2.75) is 19.2 Å². The Kier molecular flexibility index (Phi) is 7.12. The summed E-state index contributed by atoms with van der Waals surface area (Å²) in [7, 11) is 4.06. The third-order valence-corrected chi connectivity index (χ3v) is 4.56. The number of nitrogens with zero attached hydrogens (tertiary/aromatic N) is 2. The number of nitrogens with one attached hydrogen (secondary N) is 1. The molecule has 4 nitrogen and oxygen atoms in total. The van der Waals surface area contributed by atoms with E-state index in [2.05, 4.69) is 21.3 Å². The quantitative estimate of drug-likeness (QED) is 0.605. The zero-order valence-corrected chi connectivity index (χ0v) is 16.3. The SMILES string of the molecule is CN(C)C(CNCc1cccc(OCc2ccccn2)c1)c1ccc(F)cc1. The average molecular weight is 379 g/mol. The highest BCUT2D eigenvalue weighted by atomic mass is 19.1. The van der Waals surface area contributed by atoms with Gasteiger partial charge < -0.3 is 15.0 Å². The maximum Gasteiger partial charge on any atom is 0.130 e. The molecule has 2 aromatic carbocycles. The van der Waals surface area contributed by atoms with E-state index >= 15 is 0 Å². The monoisotopic (exact) mass is 379 g/mol. The normalized spacial score (nSPS) is 12.1. The van der Waals surface area contributed by atoms with Crippen LogP contribution in [-0.4, -0.2) is 30.5 Å². The smallest absolute Gasteiger partial charge is 0.130 e. The Morgan fingerprint density at radius 3 is 2.57 bits per heavy atom. The van der Waals surface area contributed by atoms with E-state index in [1.165, 1.54) is 12.1 Å². The van der Waals surface area contributed by atoms with Crippen molar-refractivity contribution in [3.05, 3.63) is 95.6 Å². The maximum atomic E-state index is 13.2. The molecular formula is C23H26FN3O. The fourth-order valence-corrected chi connectivity index (χ4v) is 3.02. The Hall–Kier alpha value is -2.76. The largest absolute Gasteiger partial charge is 0.487 e. The van der Waals surface area contributed by atoms with Gasteiger partial charge in [-0.05, 0) is 61.6 Å². The van der Waals surface area contributed by atoms with Crippen molar-refractivity contribution >= 4 is 0 Å². The second-order valence-electron chi connectivity index (χ2n) is 6.92. The van der Waals surface area contributed by atoms with Crippen LogP contribution in [0.15, 0.2) is 72.9 Å². The van der Waals surface area contributed by atoms with Gasteiger partial charge in [0.05, 0.1) is 5.69 Å². The van der Waals surface area contributed by atoms with E-state index in [0.717, 1.165) is 35.7 Å². The summed E-state index contributed by atoms with van der Waals surface area (Å²) in [6.07, 6.45) is 1.77. The van der Waals surface area contributed by atoms with Crippen molar-refractivity contribution in [1.29, 1.82) is 0 Å². The van der Waals surface area contributed by atoms with E-state index < -0.39 is 0 Å². The Morgan fingerprint density at radius 1 is 1.04 bits per heavy atom. The fraction of sp³-hybridized carbons (Fsp3) is 0.261. The molecule has 1 heterocycles. The third kappa shape index (κ3) is 5.87. The van der Waals surface area contributed by atoms with Gasteiger partial charge in [0.25, 0.3) is 0 Å². The number of ether oxygens (including phenoxy) is 1. The summed E-state index contributed by atoms with van der Waals surface area (Å²) in [5, 5.41) is 3.49. The lowest BCUT2D eigenvalue weighted by atomic mass is 10.1. The molecule has 0 saturated carbocycles.